The van der Waals surface area contributed by atoms with Gasteiger partial charge in [-0.3, -0.25) is 9.59 Å². The van der Waals surface area contributed by atoms with E-state index in [1.807, 2.05) is 0 Å². The van der Waals surface area contributed by atoms with E-state index in [-0.39, 0.29) is 70.4 Å². The van der Waals surface area contributed by atoms with Crippen LogP contribution in [-0.4, -0.2) is 54.3 Å². The lowest BCUT2D eigenvalue weighted by Crippen LogP contribution is -2.04. The van der Waals surface area contributed by atoms with Crippen LogP contribution in [0.1, 0.15) is 44.9 Å². The van der Waals surface area contributed by atoms with Gasteiger partial charge in [0.05, 0.1) is 34.7 Å². The normalized spacial score (nSPS) is 11.0. The lowest BCUT2D eigenvalue weighted by Gasteiger charge is -2.02. The molecule has 236 valence electrons. The smallest absolute Gasteiger partial charge is 0.352 e. The number of rotatable bonds is 10. The van der Waals surface area contributed by atoms with Crippen molar-refractivity contribution in [2.24, 2.45) is 0 Å². The summed E-state index contributed by atoms with van der Waals surface area (Å²) in [5, 5.41) is 36.8. The van der Waals surface area contributed by atoms with Crippen LogP contribution in [0, 0.1) is 11.6 Å². The summed E-state index contributed by atoms with van der Waals surface area (Å²) < 4.78 is 39.7. The van der Waals surface area contributed by atoms with Crippen molar-refractivity contribution in [2.45, 2.75) is 25.7 Å². The number of aryl methyl sites for hydroxylation is 2. The van der Waals surface area contributed by atoms with Crippen molar-refractivity contribution in [3.8, 4) is 22.6 Å². The molecule has 6 rings (SSSR count). The predicted octanol–water partition coefficient (Wildman–Crippen LogP) is 6.56. The second-order valence-corrected chi connectivity index (χ2v) is 10.0. The maximum atomic E-state index is 14.7. The topological polar surface area (TPSA) is 207 Å². The van der Waals surface area contributed by atoms with Gasteiger partial charge in [-0.05, 0) is 60.4 Å². The first-order chi connectivity index (χ1) is 22.0. The van der Waals surface area contributed by atoms with Gasteiger partial charge in [0.25, 0.3) is 0 Å². The number of halogens is 2. The average Bonchev–Trinajstić information content (AvgIpc) is 3.82. The second-order valence-electron chi connectivity index (χ2n) is 10.0. The maximum Gasteiger partial charge on any atom is 0.352 e. The van der Waals surface area contributed by atoms with E-state index < -0.39 is 35.5 Å². The van der Waals surface area contributed by atoms with Gasteiger partial charge in [0.15, 0.2) is 11.6 Å². The van der Waals surface area contributed by atoms with Gasteiger partial charge in [-0.15, -0.1) is 0 Å². The Hall–Kier alpha value is -6.18. The molecule has 2 aromatic carbocycles. The van der Waals surface area contributed by atoms with Crippen molar-refractivity contribution in [1.82, 2.24) is 9.97 Å². The third-order valence-electron chi connectivity index (χ3n) is 7.22. The molecule has 6 N–H and O–H groups in total. The summed E-state index contributed by atoms with van der Waals surface area (Å²) in [7, 11) is 0. The number of furan rings is 2. The summed E-state index contributed by atoms with van der Waals surface area (Å²) in [6, 6.07) is 12.5. The summed E-state index contributed by atoms with van der Waals surface area (Å²) >= 11 is 0. The number of aliphatic carboxylic acids is 2. The van der Waals surface area contributed by atoms with Crippen LogP contribution in [0.3, 0.4) is 0 Å². The van der Waals surface area contributed by atoms with E-state index in [1.165, 1.54) is 24.7 Å². The Labute approximate surface area is 256 Å². The zero-order valence-corrected chi connectivity index (χ0v) is 23.6. The minimum Gasteiger partial charge on any atom is -0.481 e. The Morgan fingerprint density at radius 3 is 1.30 bits per heavy atom. The number of hydrogen-bond acceptors (Lipinski definition) is 6. The van der Waals surface area contributed by atoms with Gasteiger partial charge < -0.3 is 39.2 Å². The van der Waals surface area contributed by atoms with E-state index in [9.17, 15) is 38.2 Å². The third kappa shape index (κ3) is 6.08. The Balaban J connectivity index is 0.000000181. The van der Waals surface area contributed by atoms with Crippen molar-refractivity contribution in [1.29, 1.82) is 0 Å². The highest BCUT2D eigenvalue weighted by atomic mass is 19.1. The van der Waals surface area contributed by atoms with E-state index in [2.05, 4.69) is 9.97 Å². The quantitative estimate of drug-likeness (QED) is 0.0956. The molecular weight excluding hydrogens is 610 g/mol. The standard InChI is InChI=1S/2C16H12FNO5/c2*17-13-10(11-2-1-7-23-11)4-3-8-9(5-6-12(19)20)15(16(21)22)18-14(8)13/h2*1-4,7,18H,5-6H2,(H,19,20)(H,21,22). The molecule has 0 aliphatic rings. The molecule has 0 unspecified atom stereocenters. The first-order valence-corrected chi connectivity index (χ1v) is 13.6. The Kier molecular flexibility index (Phi) is 8.71. The van der Waals surface area contributed by atoms with Crippen molar-refractivity contribution in [3.63, 3.8) is 0 Å². The molecule has 0 saturated carbocycles. The summed E-state index contributed by atoms with van der Waals surface area (Å²) in [5.41, 5.74) is 0.609. The van der Waals surface area contributed by atoms with Crippen LogP contribution >= 0.6 is 0 Å². The van der Waals surface area contributed by atoms with Gasteiger partial charge in [-0.1, -0.05) is 12.1 Å². The fourth-order valence-corrected chi connectivity index (χ4v) is 5.16. The lowest BCUT2D eigenvalue weighted by molar-refractivity contribution is -0.138. The highest BCUT2D eigenvalue weighted by Crippen LogP contribution is 2.34. The summed E-state index contributed by atoms with van der Waals surface area (Å²) in [5.74, 6) is -5.26. The van der Waals surface area contributed by atoms with Crippen LogP contribution < -0.4 is 0 Å². The molecular formula is C32H24F2N2O10. The molecule has 46 heavy (non-hydrogen) atoms. The zero-order chi connectivity index (χ0) is 33.1. The van der Waals surface area contributed by atoms with Crippen molar-refractivity contribution >= 4 is 45.7 Å². The minimum atomic E-state index is -1.26. The van der Waals surface area contributed by atoms with Crippen LogP contribution in [0.15, 0.2) is 69.9 Å². The molecule has 0 saturated heterocycles. The first-order valence-electron chi connectivity index (χ1n) is 13.6. The number of aromatic nitrogens is 2. The molecule has 0 aliphatic carbocycles. The SMILES string of the molecule is O=C(O)CCc1c(C(=O)O)[nH]c2c(F)c(-c3ccco3)ccc12.O=C(O)CCc1c(C(=O)O)[nH]c2c(F)c(-c3ccco3)ccc12. The average molecular weight is 635 g/mol. The Bertz CT molecular complexity index is 1940. The molecule has 0 radical (unpaired) electrons. The maximum absolute atomic E-state index is 14.7. The molecule has 0 bridgehead atoms. The molecule has 0 amide bonds. The second kappa shape index (κ2) is 12.8. The van der Waals surface area contributed by atoms with Crippen molar-refractivity contribution in [2.75, 3.05) is 0 Å². The van der Waals surface area contributed by atoms with E-state index in [0.717, 1.165) is 0 Å². The number of aromatic amines is 2. The van der Waals surface area contributed by atoms with Crippen LogP contribution in [0.2, 0.25) is 0 Å². The predicted molar refractivity (Wildman–Crippen MR) is 158 cm³/mol. The molecule has 4 aromatic heterocycles. The fourth-order valence-electron chi connectivity index (χ4n) is 5.16. The van der Waals surface area contributed by atoms with Crippen LogP contribution in [0.5, 0.6) is 0 Å². The summed E-state index contributed by atoms with van der Waals surface area (Å²) in [6.45, 7) is 0. The van der Waals surface area contributed by atoms with Crippen LogP contribution in [-0.2, 0) is 22.4 Å². The Morgan fingerprint density at radius 2 is 1.00 bits per heavy atom. The number of nitrogens with one attached hydrogen (secondary N) is 2. The zero-order valence-electron chi connectivity index (χ0n) is 23.6. The van der Waals surface area contributed by atoms with Crippen molar-refractivity contribution < 1.29 is 57.2 Å². The van der Waals surface area contributed by atoms with E-state index >= 15 is 0 Å². The number of carboxylic acid groups (broad SMARTS) is 4. The van der Waals surface area contributed by atoms with Crippen LogP contribution in [0.25, 0.3) is 44.5 Å². The molecule has 0 aliphatic heterocycles. The third-order valence-corrected chi connectivity index (χ3v) is 7.22. The molecule has 12 nitrogen and oxygen atoms in total. The number of carboxylic acids is 4. The summed E-state index contributed by atoms with van der Waals surface area (Å²) in [4.78, 5) is 49.3. The van der Waals surface area contributed by atoms with Gasteiger partial charge in [0, 0.05) is 23.6 Å². The van der Waals surface area contributed by atoms with Gasteiger partial charge in [-0.2, -0.15) is 0 Å². The number of carbonyl (C=O) groups is 4. The molecule has 0 atom stereocenters. The highest BCUT2D eigenvalue weighted by Gasteiger charge is 2.23. The number of fused-ring (bicyclic) bond motifs is 2. The Morgan fingerprint density at radius 1 is 0.609 bits per heavy atom. The van der Waals surface area contributed by atoms with Crippen LogP contribution in [0.4, 0.5) is 8.78 Å². The van der Waals surface area contributed by atoms with Gasteiger partial charge in [-0.25, -0.2) is 18.4 Å². The van der Waals surface area contributed by atoms with E-state index in [1.54, 1.807) is 36.4 Å². The fraction of sp³-hybridized carbons (Fsp3) is 0.125. The van der Waals surface area contributed by atoms with Gasteiger partial charge >= 0.3 is 23.9 Å². The molecule has 6 aromatic rings. The first kappa shape index (κ1) is 31.3. The molecule has 0 spiro atoms. The van der Waals surface area contributed by atoms with Gasteiger partial charge in [0.2, 0.25) is 0 Å². The van der Waals surface area contributed by atoms with E-state index in [4.69, 9.17) is 19.0 Å². The minimum absolute atomic E-state index is 0.00347. The van der Waals surface area contributed by atoms with Crippen molar-refractivity contribution in [3.05, 3.63) is 95.2 Å². The largest absolute Gasteiger partial charge is 0.481 e. The van der Waals surface area contributed by atoms with Gasteiger partial charge in [0.1, 0.15) is 22.9 Å². The molecule has 4 heterocycles. The number of H-pyrrole nitrogens is 2. The highest BCUT2D eigenvalue weighted by molar-refractivity contribution is 6.00. The monoisotopic (exact) mass is 634 g/mol. The summed E-state index contributed by atoms with van der Waals surface area (Å²) in [6.07, 6.45) is 2.33. The number of benzene rings is 2. The number of hydrogen-bond donors (Lipinski definition) is 6. The lowest BCUT2D eigenvalue weighted by atomic mass is 10.0. The molecule has 14 heteroatoms. The van der Waals surface area contributed by atoms with E-state index in [0.29, 0.717) is 22.3 Å². The number of aromatic carboxylic acids is 2. The molecule has 0 fully saturated rings.